The molecular formula is C23H22N6O2. The lowest BCUT2D eigenvalue weighted by molar-refractivity contribution is 0.0950. The molecule has 1 amide bonds. The number of ketones is 1. The number of hydrogen-bond acceptors (Lipinski definition) is 5. The van der Waals surface area contributed by atoms with Crippen LogP contribution >= 0.6 is 0 Å². The number of carbonyl (C=O) groups excluding carboxylic acids is 2. The van der Waals surface area contributed by atoms with Crippen LogP contribution in [0.25, 0.3) is 16.6 Å². The molecule has 2 aromatic heterocycles. The van der Waals surface area contributed by atoms with Gasteiger partial charge < -0.3 is 11.1 Å². The minimum absolute atomic E-state index is 0.116. The summed E-state index contributed by atoms with van der Waals surface area (Å²) >= 11 is 0. The van der Waals surface area contributed by atoms with Crippen LogP contribution in [0.2, 0.25) is 0 Å². The highest BCUT2D eigenvalue weighted by atomic mass is 16.1. The minimum Gasteiger partial charge on any atom is -0.383 e. The number of H-pyrrole nitrogens is 1. The largest absolute Gasteiger partial charge is 0.383 e. The number of nitrogens with two attached hydrogens (primary N) is 1. The van der Waals surface area contributed by atoms with E-state index >= 15 is 0 Å². The van der Waals surface area contributed by atoms with Crippen molar-refractivity contribution in [3.8, 4) is 5.69 Å². The number of nitrogen functional groups attached to an aromatic ring is 1. The predicted molar refractivity (Wildman–Crippen MR) is 117 cm³/mol. The number of fused-ring (bicyclic) bond motifs is 1. The lowest BCUT2D eigenvalue weighted by atomic mass is 10.0. The van der Waals surface area contributed by atoms with E-state index in [0.29, 0.717) is 22.4 Å². The van der Waals surface area contributed by atoms with Crippen molar-refractivity contribution in [2.75, 3.05) is 5.73 Å². The summed E-state index contributed by atoms with van der Waals surface area (Å²) in [6.07, 6.45) is 3.51. The molecule has 0 spiro atoms. The molecule has 0 aliphatic heterocycles. The molecule has 8 heteroatoms. The smallest absolute Gasteiger partial charge is 0.251 e. The van der Waals surface area contributed by atoms with Crippen molar-refractivity contribution in [2.24, 2.45) is 0 Å². The molecule has 0 unspecified atom stereocenters. The summed E-state index contributed by atoms with van der Waals surface area (Å²) < 4.78 is 1.51. The molecule has 5 rings (SSSR count). The maximum atomic E-state index is 13.1. The maximum absolute atomic E-state index is 13.1. The number of rotatable bonds is 5. The van der Waals surface area contributed by atoms with Gasteiger partial charge in [0.05, 0.1) is 23.0 Å². The molecule has 0 atom stereocenters. The standard InChI is InChI=1S/C23H22N6O2/c1-12-3-4-15(23(31)26-16-6-7-16)10-20(12)29-22(24)18(11-25-29)21(30)14-5-8-19-17(9-14)13(2)27-28-19/h3-5,8-11,16H,6-7,24H2,1-2H3,(H,26,31)(H,27,28). The molecule has 0 saturated heterocycles. The van der Waals surface area contributed by atoms with E-state index in [2.05, 4.69) is 20.6 Å². The Hall–Kier alpha value is -3.94. The second kappa shape index (κ2) is 7.09. The van der Waals surface area contributed by atoms with Crippen LogP contribution < -0.4 is 11.1 Å². The third-order valence-corrected chi connectivity index (χ3v) is 5.67. The molecule has 4 N–H and O–H groups in total. The van der Waals surface area contributed by atoms with E-state index in [9.17, 15) is 9.59 Å². The highest BCUT2D eigenvalue weighted by Gasteiger charge is 2.25. The summed E-state index contributed by atoms with van der Waals surface area (Å²) in [5, 5.41) is 15.3. The van der Waals surface area contributed by atoms with Crippen molar-refractivity contribution in [2.45, 2.75) is 32.7 Å². The molecule has 1 fully saturated rings. The zero-order chi connectivity index (χ0) is 21.7. The van der Waals surface area contributed by atoms with Crippen molar-refractivity contribution >= 4 is 28.4 Å². The molecule has 8 nitrogen and oxygen atoms in total. The van der Waals surface area contributed by atoms with Crippen LogP contribution in [0.4, 0.5) is 5.82 Å². The van der Waals surface area contributed by atoms with Crippen molar-refractivity contribution in [3.63, 3.8) is 0 Å². The van der Waals surface area contributed by atoms with Gasteiger partial charge in [-0.15, -0.1) is 0 Å². The van der Waals surface area contributed by atoms with Gasteiger partial charge >= 0.3 is 0 Å². The van der Waals surface area contributed by atoms with Gasteiger partial charge in [0.25, 0.3) is 5.91 Å². The Bertz CT molecular complexity index is 1350. The Labute approximate surface area is 178 Å². The average Bonchev–Trinajstić information content (AvgIpc) is 3.39. The first-order chi connectivity index (χ1) is 14.9. The molecule has 1 saturated carbocycles. The topological polar surface area (TPSA) is 119 Å². The van der Waals surface area contributed by atoms with Crippen LogP contribution in [0.3, 0.4) is 0 Å². The number of nitrogens with one attached hydrogen (secondary N) is 2. The van der Waals surface area contributed by atoms with E-state index in [1.165, 1.54) is 10.9 Å². The summed E-state index contributed by atoms with van der Waals surface area (Å²) in [6, 6.07) is 11.0. The Morgan fingerprint density at radius 3 is 2.68 bits per heavy atom. The van der Waals surface area contributed by atoms with Gasteiger partial charge in [0.1, 0.15) is 5.82 Å². The lowest BCUT2D eigenvalue weighted by Gasteiger charge is -2.11. The second-order valence-corrected chi connectivity index (χ2v) is 8.01. The second-order valence-electron chi connectivity index (χ2n) is 8.01. The van der Waals surface area contributed by atoms with Crippen molar-refractivity contribution in [1.82, 2.24) is 25.3 Å². The molecule has 4 aromatic rings. The van der Waals surface area contributed by atoms with Crippen molar-refractivity contribution in [1.29, 1.82) is 0 Å². The van der Waals surface area contributed by atoms with Crippen LogP contribution in [-0.2, 0) is 0 Å². The molecule has 1 aliphatic carbocycles. The number of hydrogen-bond donors (Lipinski definition) is 3. The molecular weight excluding hydrogens is 392 g/mol. The van der Waals surface area contributed by atoms with Gasteiger partial charge in [0.15, 0.2) is 5.78 Å². The monoisotopic (exact) mass is 414 g/mol. The predicted octanol–water partition coefficient (Wildman–Crippen LogP) is 3.07. The van der Waals surface area contributed by atoms with Gasteiger partial charge in [-0.1, -0.05) is 6.07 Å². The highest BCUT2D eigenvalue weighted by Crippen LogP contribution is 2.26. The van der Waals surface area contributed by atoms with Gasteiger partial charge in [-0.25, -0.2) is 4.68 Å². The summed E-state index contributed by atoms with van der Waals surface area (Å²) in [4.78, 5) is 25.6. The van der Waals surface area contributed by atoms with Crippen LogP contribution in [-0.4, -0.2) is 37.7 Å². The van der Waals surface area contributed by atoms with E-state index < -0.39 is 0 Å². The van der Waals surface area contributed by atoms with Crippen molar-refractivity contribution < 1.29 is 9.59 Å². The zero-order valence-electron chi connectivity index (χ0n) is 17.3. The zero-order valence-corrected chi connectivity index (χ0v) is 17.3. The molecule has 2 heterocycles. The third-order valence-electron chi connectivity index (χ3n) is 5.67. The Morgan fingerprint density at radius 1 is 1.13 bits per heavy atom. The van der Waals surface area contributed by atoms with Crippen molar-refractivity contribution in [3.05, 3.63) is 70.5 Å². The number of amides is 1. The van der Waals surface area contributed by atoms with Gasteiger partial charge in [-0.2, -0.15) is 10.2 Å². The number of aromatic amines is 1. The Kier molecular flexibility index (Phi) is 4.35. The summed E-state index contributed by atoms with van der Waals surface area (Å²) in [5.41, 5.74) is 11.0. The lowest BCUT2D eigenvalue weighted by Crippen LogP contribution is -2.25. The Balaban J connectivity index is 1.50. The van der Waals surface area contributed by atoms with E-state index in [1.54, 1.807) is 30.3 Å². The summed E-state index contributed by atoms with van der Waals surface area (Å²) in [7, 11) is 0. The number of anilines is 1. The molecule has 31 heavy (non-hydrogen) atoms. The first kappa shape index (κ1) is 19.0. The summed E-state index contributed by atoms with van der Waals surface area (Å²) in [6.45, 7) is 3.82. The molecule has 0 bridgehead atoms. The maximum Gasteiger partial charge on any atom is 0.251 e. The fraction of sp³-hybridized carbons (Fsp3) is 0.217. The normalized spacial score (nSPS) is 13.5. The fourth-order valence-corrected chi connectivity index (χ4v) is 3.63. The number of aromatic nitrogens is 4. The third kappa shape index (κ3) is 3.35. The van der Waals surface area contributed by atoms with E-state index in [0.717, 1.165) is 35.0 Å². The number of carbonyl (C=O) groups is 2. The molecule has 1 aliphatic rings. The molecule has 0 radical (unpaired) electrons. The molecule has 156 valence electrons. The van der Waals surface area contributed by atoms with Gasteiger partial charge in [0, 0.05) is 28.2 Å². The highest BCUT2D eigenvalue weighted by molar-refractivity contribution is 6.13. The van der Waals surface area contributed by atoms with Gasteiger partial charge in [-0.05, 0) is 62.6 Å². The number of aryl methyl sites for hydroxylation is 2. The average molecular weight is 414 g/mol. The quantitative estimate of drug-likeness (QED) is 0.434. The van der Waals surface area contributed by atoms with Crippen LogP contribution in [0.15, 0.2) is 42.6 Å². The number of nitrogens with zero attached hydrogens (tertiary/aromatic N) is 3. The number of benzene rings is 2. The fourth-order valence-electron chi connectivity index (χ4n) is 3.63. The minimum atomic E-state index is -0.216. The van der Waals surface area contributed by atoms with E-state index in [1.807, 2.05) is 19.9 Å². The van der Waals surface area contributed by atoms with E-state index in [-0.39, 0.29) is 23.6 Å². The van der Waals surface area contributed by atoms with Crippen LogP contribution in [0.1, 0.15) is 50.4 Å². The summed E-state index contributed by atoms with van der Waals surface area (Å²) in [5.74, 6) is -0.0991. The van der Waals surface area contributed by atoms with Crippen LogP contribution in [0, 0.1) is 13.8 Å². The Morgan fingerprint density at radius 2 is 1.90 bits per heavy atom. The first-order valence-corrected chi connectivity index (χ1v) is 10.2. The first-order valence-electron chi connectivity index (χ1n) is 10.2. The molecule has 2 aromatic carbocycles. The van der Waals surface area contributed by atoms with Crippen LogP contribution in [0.5, 0.6) is 0 Å². The van der Waals surface area contributed by atoms with Gasteiger partial charge in [0.2, 0.25) is 0 Å². The van der Waals surface area contributed by atoms with Gasteiger partial charge in [-0.3, -0.25) is 14.7 Å². The SMILES string of the molecule is Cc1ccc(C(=O)NC2CC2)cc1-n1ncc(C(=O)c2ccc3n[nH]c(C)c3c2)c1N. The van der Waals surface area contributed by atoms with E-state index in [4.69, 9.17) is 5.73 Å².